The van der Waals surface area contributed by atoms with Crippen molar-refractivity contribution in [3.8, 4) is 0 Å². The molecule has 5 unspecified atom stereocenters. The van der Waals surface area contributed by atoms with Crippen molar-refractivity contribution in [3.05, 3.63) is 109 Å². The van der Waals surface area contributed by atoms with Crippen LogP contribution in [-0.4, -0.2) is 95.9 Å². The number of aliphatic hydroxyl groups is 2. The predicted molar refractivity (Wildman–Crippen MR) is 427 cm³/mol. The number of esters is 3. The molecule has 0 bridgehead atoms. The van der Waals surface area contributed by atoms with Gasteiger partial charge < -0.3 is 34.2 Å². The molecule has 0 saturated carbocycles. The molecule has 0 aromatic heterocycles. The Morgan fingerprint density at radius 3 is 0.796 bits per heavy atom. The zero-order valence-electron chi connectivity index (χ0n) is 65.2. The number of hydrogen-bond acceptors (Lipinski definition) is 14. The van der Waals surface area contributed by atoms with Crippen LogP contribution in [0, 0.1) is 0 Å². The summed E-state index contributed by atoms with van der Waals surface area (Å²) in [6.07, 6.45) is 91.4. The minimum Gasteiger partial charge on any atom is -0.463 e. The van der Waals surface area contributed by atoms with E-state index in [1.54, 1.807) is 0 Å². The highest BCUT2D eigenvalue weighted by Gasteiger charge is 2.29. The van der Waals surface area contributed by atoms with Gasteiger partial charge in [0.2, 0.25) is 0 Å². The minimum atomic E-state index is -4.94. The third-order valence-corrected chi connectivity index (χ3v) is 19.3. The van der Waals surface area contributed by atoms with Crippen molar-refractivity contribution < 1.29 is 75.8 Å². The molecular weight excluding hydrogens is 1340 g/mol. The van der Waals surface area contributed by atoms with Gasteiger partial charge in [0, 0.05) is 19.3 Å². The van der Waals surface area contributed by atoms with E-state index in [2.05, 4.69) is 130 Å². The molecule has 0 aliphatic rings. The highest BCUT2D eigenvalue weighted by molar-refractivity contribution is 7.47. The Labute approximate surface area is 628 Å². The van der Waals surface area contributed by atoms with E-state index in [-0.39, 0.29) is 19.3 Å². The first kappa shape index (κ1) is 99.2. The molecule has 0 radical (unpaired) electrons. The summed E-state index contributed by atoms with van der Waals surface area (Å²) in [5, 5.41) is 20.7. The quantitative estimate of drug-likeness (QED) is 0.0146. The Balaban J connectivity index is 4.50. The number of ether oxygens (including phenoxy) is 3. The van der Waals surface area contributed by atoms with Gasteiger partial charge in [0.05, 0.1) is 26.4 Å². The molecule has 0 aliphatic carbocycles. The Morgan fingerprint density at radius 1 is 0.272 bits per heavy atom. The molecule has 0 aromatic rings. The second kappa shape index (κ2) is 77.8. The lowest BCUT2D eigenvalue weighted by atomic mass is 10.0. The van der Waals surface area contributed by atoms with E-state index in [1.807, 2.05) is 0 Å². The Kier molecular flexibility index (Phi) is 74.9. The summed E-state index contributed by atoms with van der Waals surface area (Å²) < 4.78 is 61.2. The van der Waals surface area contributed by atoms with E-state index in [9.17, 15) is 43.5 Å². The third kappa shape index (κ3) is 79.1. The molecule has 4 N–H and O–H groups in total. The number of carbonyl (C=O) groups excluding carboxylic acids is 3. The van der Waals surface area contributed by atoms with Crippen molar-refractivity contribution in [1.82, 2.24) is 0 Å². The molecule has 5 atom stereocenters. The number of phosphoric ester groups is 2. The summed E-state index contributed by atoms with van der Waals surface area (Å²) >= 11 is 0. The van der Waals surface area contributed by atoms with Crippen LogP contribution in [0.4, 0.5) is 0 Å². The van der Waals surface area contributed by atoms with Crippen molar-refractivity contribution in [2.45, 2.75) is 373 Å². The number of rotatable bonds is 78. The fourth-order valence-electron chi connectivity index (χ4n) is 11.1. The summed E-state index contributed by atoms with van der Waals surface area (Å²) in [5.74, 6) is -1.60. The normalized spacial score (nSPS) is 14.5. The second-order valence-corrected chi connectivity index (χ2v) is 30.5. The molecule has 0 spiro atoms. The fraction of sp³-hybridized carbons (Fsp3) is 0.753. The molecule has 103 heavy (non-hydrogen) atoms. The first-order valence-electron chi connectivity index (χ1n) is 41.2. The Morgan fingerprint density at radius 2 is 0.485 bits per heavy atom. The molecule has 0 aliphatic heterocycles. The summed E-state index contributed by atoms with van der Waals surface area (Å²) in [7, 11) is -9.80. The Hall–Kier alpha value is -3.79. The number of allylic oxidation sites excluding steroid dienone is 18. The number of aliphatic hydroxyl groups excluding tert-OH is 2. The van der Waals surface area contributed by atoms with Gasteiger partial charge in [0.25, 0.3) is 0 Å². The highest BCUT2D eigenvalue weighted by Crippen LogP contribution is 2.45. The molecule has 596 valence electrons. The molecule has 0 saturated heterocycles. The van der Waals surface area contributed by atoms with E-state index in [1.165, 1.54) is 167 Å². The monoisotopic (exact) mass is 1490 g/mol. The highest BCUT2D eigenvalue weighted by atomic mass is 31.2. The van der Waals surface area contributed by atoms with Crippen LogP contribution in [0.2, 0.25) is 0 Å². The van der Waals surface area contributed by atoms with Crippen LogP contribution in [0.15, 0.2) is 109 Å². The largest absolute Gasteiger partial charge is 0.472 e. The van der Waals surface area contributed by atoms with E-state index in [0.717, 1.165) is 128 Å². The Bertz CT molecular complexity index is 2310. The number of unbranched alkanes of at least 4 members (excludes halogenated alkanes) is 37. The van der Waals surface area contributed by atoms with Gasteiger partial charge in [-0.3, -0.25) is 32.5 Å². The first-order valence-corrected chi connectivity index (χ1v) is 44.2. The second-order valence-electron chi connectivity index (χ2n) is 27.6. The molecule has 18 heteroatoms. The van der Waals surface area contributed by atoms with Gasteiger partial charge in [-0.05, 0) is 135 Å². The van der Waals surface area contributed by atoms with Gasteiger partial charge in [-0.1, -0.05) is 310 Å². The van der Waals surface area contributed by atoms with Gasteiger partial charge in [-0.25, -0.2) is 9.13 Å². The van der Waals surface area contributed by atoms with E-state index in [4.69, 9.17) is 32.3 Å². The van der Waals surface area contributed by atoms with Crippen molar-refractivity contribution >= 4 is 33.6 Å². The molecule has 0 amide bonds. The topological polar surface area (TPSA) is 231 Å². The molecule has 16 nitrogen and oxygen atoms in total. The molecule has 0 rings (SSSR count). The van der Waals surface area contributed by atoms with Crippen molar-refractivity contribution in [1.29, 1.82) is 0 Å². The van der Waals surface area contributed by atoms with Gasteiger partial charge in [0.1, 0.15) is 25.4 Å². The number of hydrogen-bond donors (Lipinski definition) is 4. The number of phosphoric acid groups is 2. The lowest BCUT2D eigenvalue weighted by Gasteiger charge is -2.21. The van der Waals surface area contributed by atoms with Gasteiger partial charge in [0.15, 0.2) is 6.10 Å². The van der Waals surface area contributed by atoms with E-state index >= 15 is 0 Å². The van der Waals surface area contributed by atoms with Gasteiger partial charge >= 0.3 is 33.6 Å². The van der Waals surface area contributed by atoms with Crippen LogP contribution < -0.4 is 0 Å². The third-order valence-electron chi connectivity index (χ3n) is 17.4. The molecule has 0 heterocycles. The maximum absolute atomic E-state index is 13.0. The lowest BCUT2D eigenvalue weighted by molar-refractivity contribution is -0.161. The van der Waals surface area contributed by atoms with E-state index in [0.29, 0.717) is 19.3 Å². The molecular formula is C85H150O16P2. The van der Waals surface area contributed by atoms with Gasteiger partial charge in [-0.2, -0.15) is 0 Å². The summed E-state index contributed by atoms with van der Waals surface area (Å²) in [6.45, 7) is 2.62. The van der Waals surface area contributed by atoms with E-state index < -0.39 is 91.5 Å². The van der Waals surface area contributed by atoms with Crippen LogP contribution in [0.25, 0.3) is 0 Å². The van der Waals surface area contributed by atoms with Crippen LogP contribution in [0.3, 0.4) is 0 Å². The maximum atomic E-state index is 13.0. The molecule has 0 fully saturated rings. The minimum absolute atomic E-state index is 0.0901. The first-order chi connectivity index (χ1) is 50.2. The summed E-state index contributed by atoms with van der Waals surface area (Å²) in [4.78, 5) is 58.7. The van der Waals surface area contributed by atoms with Crippen LogP contribution in [-0.2, 0) is 55.8 Å². The summed E-state index contributed by atoms with van der Waals surface area (Å²) in [6, 6.07) is 0. The van der Waals surface area contributed by atoms with Crippen molar-refractivity contribution in [3.63, 3.8) is 0 Å². The van der Waals surface area contributed by atoms with Crippen molar-refractivity contribution in [2.75, 3.05) is 39.6 Å². The van der Waals surface area contributed by atoms with Gasteiger partial charge in [-0.15, -0.1) is 0 Å². The zero-order valence-corrected chi connectivity index (χ0v) is 67.0. The average molecular weight is 1490 g/mol. The van der Waals surface area contributed by atoms with Crippen LogP contribution in [0.5, 0.6) is 0 Å². The van der Waals surface area contributed by atoms with Crippen LogP contribution in [0.1, 0.15) is 355 Å². The number of carbonyl (C=O) groups is 3. The summed E-state index contributed by atoms with van der Waals surface area (Å²) in [5.41, 5.74) is 0. The maximum Gasteiger partial charge on any atom is 0.472 e. The average Bonchev–Trinajstić information content (AvgIpc) is 0.922. The smallest absolute Gasteiger partial charge is 0.463 e. The standard InChI is InChI=1S/C85H150O16P2/c1-4-7-10-13-16-19-22-25-28-30-32-34-35-36-37-38-39-40-41-42-43-45-47-48-51-53-56-59-62-65-68-71-83(88)95-74-80(86)75-97-102(91,92)98-76-81(87)77-99-103(93,94)100-79-82(101-85(90)73-70-67-64-61-58-55-50-27-24-21-18-15-12-9-6-3)78-96-84(89)72-69-66-63-60-57-54-52-49-46-44-33-31-29-26-23-20-17-14-11-8-5-2/h16-17,19-20,25-29,32-34,36-37,44,49-50,52,80-82,86-87H,4-15,18,21-24,30-31,35,38-43,45-48,51,53-79H2,1-3H3,(H,91,92)(H,93,94)/b19-16-,20-17-,28-25-,29-26-,34-32-,37-36-,44-33-,50-27-,52-49-. The van der Waals surface area contributed by atoms with Crippen molar-refractivity contribution in [2.24, 2.45) is 0 Å². The molecule has 0 aromatic carbocycles. The SMILES string of the molecule is CCCCC/C=C\C/C=C\C/C=C\C/C=C\CCCCCCCCCCCCCCCCCC(=O)OCC(O)COP(=O)(O)OCC(O)COP(=O)(O)OCC(COC(=O)CCCCCCC/C=C\C/C=C\C/C=C\C/C=C\CCCCC)OC(=O)CCCCCCC/C=C\CCCCCCCC. The lowest BCUT2D eigenvalue weighted by Crippen LogP contribution is -2.30. The van der Waals surface area contributed by atoms with Crippen LogP contribution >= 0.6 is 15.6 Å². The fourth-order valence-corrected chi connectivity index (χ4v) is 12.7. The predicted octanol–water partition coefficient (Wildman–Crippen LogP) is 24.3. The zero-order chi connectivity index (χ0) is 75.2.